The molecule has 0 aliphatic rings. The third kappa shape index (κ3) is 5.01. The van der Waals surface area contributed by atoms with Gasteiger partial charge >= 0.3 is 0 Å². The van der Waals surface area contributed by atoms with Crippen molar-refractivity contribution in [2.75, 3.05) is 6.54 Å². The van der Waals surface area contributed by atoms with E-state index in [4.69, 9.17) is 11.6 Å². The standard InChI is InChI=1S/C17H26ClNOSi2/c1-8-19-17(20)15-14(22(5,6)7)10-9-13(16(15)18)11-12-21(2,3)4/h9-10H,8H2,1-7H3,(H,19,20). The van der Waals surface area contributed by atoms with Crippen molar-refractivity contribution in [2.24, 2.45) is 0 Å². The topological polar surface area (TPSA) is 29.1 Å². The number of amides is 1. The lowest BCUT2D eigenvalue weighted by atomic mass is 10.1. The predicted octanol–water partition coefficient (Wildman–Crippen LogP) is 3.86. The van der Waals surface area contributed by atoms with Crippen LogP contribution in [0.15, 0.2) is 12.1 Å². The van der Waals surface area contributed by atoms with Crippen molar-refractivity contribution < 1.29 is 4.79 Å². The minimum Gasteiger partial charge on any atom is -0.352 e. The van der Waals surface area contributed by atoms with Gasteiger partial charge in [-0.1, -0.05) is 62.9 Å². The molecule has 1 N–H and O–H groups in total. The molecule has 0 saturated heterocycles. The highest BCUT2D eigenvalue weighted by Crippen LogP contribution is 2.22. The first kappa shape index (κ1) is 19.0. The Morgan fingerprint density at radius 3 is 2.23 bits per heavy atom. The minimum absolute atomic E-state index is 0.0958. The second kappa shape index (κ2) is 7.03. The summed E-state index contributed by atoms with van der Waals surface area (Å²) in [6.45, 7) is 15.7. The molecular weight excluding hydrogens is 326 g/mol. The van der Waals surface area contributed by atoms with Crippen LogP contribution in [0.5, 0.6) is 0 Å². The Kier molecular flexibility index (Phi) is 6.08. The molecular formula is C17H26ClNOSi2. The Morgan fingerprint density at radius 2 is 1.77 bits per heavy atom. The first-order valence-corrected chi connectivity index (χ1v) is 15.0. The Labute approximate surface area is 141 Å². The number of carbonyl (C=O) groups excluding carboxylic acids is 1. The molecule has 1 rings (SSSR count). The van der Waals surface area contributed by atoms with Crippen LogP contribution >= 0.6 is 11.6 Å². The molecule has 22 heavy (non-hydrogen) atoms. The first-order valence-electron chi connectivity index (χ1n) is 7.61. The lowest BCUT2D eigenvalue weighted by Gasteiger charge is -2.22. The van der Waals surface area contributed by atoms with Crippen molar-refractivity contribution in [2.45, 2.75) is 46.2 Å². The fraction of sp³-hybridized carbons (Fsp3) is 0.471. The summed E-state index contributed by atoms with van der Waals surface area (Å²) in [5.41, 5.74) is 4.69. The normalized spacial score (nSPS) is 11.6. The van der Waals surface area contributed by atoms with E-state index in [-0.39, 0.29) is 5.91 Å². The molecule has 0 aromatic heterocycles. The van der Waals surface area contributed by atoms with Crippen LogP contribution < -0.4 is 10.5 Å². The Hall–Kier alpha value is -1.03. The molecule has 5 heteroatoms. The van der Waals surface area contributed by atoms with Crippen LogP contribution in [0.4, 0.5) is 0 Å². The Morgan fingerprint density at radius 1 is 1.18 bits per heavy atom. The van der Waals surface area contributed by atoms with E-state index in [1.807, 2.05) is 19.1 Å². The van der Waals surface area contributed by atoms with Crippen LogP contribution in [0.3, 0.4) is 0 Å². The zero-order valence-electron chi connectivity index (χ0n) is 14.6. The van der Waals surface area contributed by atoms with Crippen LogP contribution in [0.2, 0.25) is 44.3 Å². The molecule has 0 aliphatic carbocycles. The van der Waals surface area contributed by atoms with E-state index in [0.29, 0.717) is 17.1 Å². The number of nitrogens with one attached hydrogen (secondary N) is 1. The van der Waals surface area contributed by atoms with E-state index in [1.54, 1.807) is 0 Å². The van der Waals surface area contributed by atoms with E-state index in [2.05, 4.69) is 56.1 Å². The van der Waals surface area contributed by atoms with Gasteiger partial charge in [-0.05, 0) is 18.2 Å². The van der Waals surface area contributed by atoms with Gasteiger partial charge in [-0.25, -0.2) is 0 Å². The lowest BCUT2D eigenvalue weighted by molar-refractivity contribution is 0.0957. The third-order valence-corrected chi connectivity index (χ3v) is 6.39. The maximum absolute atomic E-state index is 12.5. The summed E-state index contributed by atoms with van der Waals surface area (Å²) in [6, 6.07) is 4.00. The summed E-state index contributed by atoms with van der Waals surface area (Å²) >= 11 is 6.55. The smallest absolute Gasteiger partial charge is 0.252 e. The lowest BCUT2D eigenvalue weighted by Crippen LogP contribution is -2.43. The zero-order chi connectivity index (χ0) is 17.1. The second-order valence-corrected chi connectivity index (χ2v) is 17.6. The third-order valence-electron chi connectivity index (χ3n) is 3.09. The van der Waals surface area contributed by atoms with Crippen molar-refractivity contribution in [1.29, 1.82) is 0 Å². The van der Waals surface area contributed by atoms with Gasteiger partial charge in [0.25, 0.3) is 5.91 Å². The molecule has 120 valence electrons. The van der Waals surface area contributed by atoms with Gasteiger partial charge in [0.1, 0.15) is 8.07 Å². The largest absolute Gasteiger partial charge is 0.352 e. The molecule has 0 atom stereocenters. The summed E-state index contributed by atoms with van der Waals surface area (Å²) in [5.74, 6) is 3.09. The number of rotatable bonds is 3. The summed E-state index contributed by atoms with van der Waals surface area (Å²) in [6.07, 6.45) is 0. The molecule has 1 aromatic carbocycles. The van der Waals surface area contributed by atoms with Gasteiger partial charge in [0.2, 0.25) is 0 Å². The molecule has 0 unspecified atom stereocenters. The van der Waals surface area contributed by atoms with Gasteiger partial charge in [0.15, 0.2) is 0 Å². The average Bonchev–Trinajstić information content (AvgIpc) is 2.34. The monoisotopic (exact) mass is 351 g/mol. The van der Waals surface area contributed by atoms with E-state index < -0.39 is 16.1 Å². The van der Waals surface area contributed by atoms with E-state index in [1.165, 1.54) is 0 Å². The molecule has 1 aromatic rings. The quantitative estimate of drug-likeness (QED) is 0.650. The predicted molar refractivity (Wildman–Crippen MR) is 103 cm³/mol. The van der Waals surface area contributed by atoms with Crippen LogP contribution in [-0.4, -0.2) is 28.6 Å². The molecule has 1 amide bonds. The van der Waals surface area contributed by atoms with E-state index in [0.717, 1.165) is 10.8 Å². The molecule has 0 spiro atoms. The number of hydrogen-bond acceptors (Lipinski definition) is 1. The van der Waals surface area contributed by atoms with E-state index >= 15 is 0 Å². The highest BCUT2D eigenvalue weighted by Gasteiger charge is 2.26. The van der Waals surface area contributed by atoms with Crippen LogP contribution in [-0.2, 0) is 0 Å². The van der Waals surface area contributed by atoms with Gasteiger partial charge < -0.3 is 5.32 Å². The summed E-state index contributed by atoms with van der Waals surface area (Å²) in [5, 5.41) is 4.46. The van der Waals surface area contributed by atoms with Crippen LogP contribution in [0.25, 0.3) is 0 Å². The average molecular weight is 352 g/mol. The zero-order valence-corrected chi connectivity index (χ0v) is 17.4. The van der Waals surface area contributed by atoms with Gasteiger partial charge in [0, 0.05) is 12.1 Å². The van der Waals surface area contributed by atoms with Crippen molar-refractivity contribution in [1.82, 2.24) is 5.32 Å². The summed E-state index contributed by atoms with van der Waals surface area (Å²) in [7, 11) is -3.15. The molecule has 2 nitrogen and oxygen atoms in total. The van der Waals surface area contributed by atoms with E-state index in [9.17, 15) is 4.79 Å². The number of carbonyl (C=O) groups is 1. The molecule has 0 bridgehead atoms. The Bertz CT molecular complexity index is 631. The highest BCUT2D eigenvalue weighted by atomic mass is 35.5. The minimum atomic E-state index is -1.67. The number of benzene rings is 1. The summed E-state index contributed by atoms with van der Waals surface area (Å²) in [4.78, 5) is 12.5. The van der Waals surface area contributed by atoms with Crippen molar-refractivity contribution in [3.05, 3.63) is 28.3 Å². The molecule has 0 fully saturated rings. The fourth-order valence-corrected chi connectivity index (χ4v) is 4.48. The molecule has 0 aliphatic heterocycles. The fourth-order valence-electron chi connectivity index (χ4n) is 2.02. The van der Waals surface area contributed by atoms with Crippen molar-refractivity contribution in [3.8, 4) is 11.5 Å². The maximum Gasteiger partial charge on any atom is 0.252 e. The van der Waals surface area contributed by atoms with Crippen molar-refractivity contribution in [3.63, 3.8) is 0 Å². The van der Waals surface area contributed by atoms with Crippen molar-refractivity contribution >= 4 is 38.8 Å². The molecule has 0 radical (unpaired) electrons. The molecule has 0 heterocycles. The number of hydrogen-bond donors (Lipinski definition) is 1. The second-order valence-electron chi connectivity index (χ2n) is 7.46. The van der Waals surface area contributed by atoms with Crippen LogP contribution in [0, 0.1) is 11.5 Å². The SMILES string of the molecule is CCNC(=O)c1c([Si](C)(C)C)ccc(C#C[Si](C)(C)C)c1Cl. The summed E-state index contributed by atoms with van der Waals surface area (Å²) < 4.78 is 0. The maximum atomic E-state index is 12.5. The van der Waals surface area contributed by atoms with Gasteiger partial charge in [-0.2, -0.15) is 0 Å². The van der Waals surface area contributed by atoms with Gasteiger partial charge in [-0.3, -0.25) is 4.79 Å². The first-order chi connectivity index (χ1) is 9.97. The number of halogens is 1. The molecule has 0 saturated carbocycles. The van der Waals surface area contributed by atoms with Gasteiger partial charge in [-0.15, -0.1) is 5.54 Å². The Balaban J connectivity index is 3.52. The highest BCUT2D eigenvalue weighted by molar-refractivity contribution is 6.89. The van der Waals surface area contributed by atoms with Gasteiger partial charge in [0.05, 0.1) is 18.7 Å². The van der Waals surface area contributed by atoms with Crippen LogP contribution in [0.1, 0.15) is 22.8 Å².